The van der Waals surface area contributed by atoms with E-state index in [1.165, 1.54) is 18.2 Å². The molecule has 0 aromatic heterocycles. The Labute approximate surface area is 114 Å². The van der Waals surface area contributed by atoms with Crippen LogP contribution in [0.25, 0.3) is 0 Å². The van der Waals surface area contributed by atoms with Crippen LogP contribution < -0.4 is 10.5 Å². The van der Waals surface area contributed by atoms with E-state index in [-0.39, 0.29) is 12.3 Å². The molecule has 18 heavy (non-hydrogen) atoms. The summed E-state index contributed by atoms with van der Waals surface area (Å²) in [6.07, 6.45) is 0. The van der Waals surface area contributed by atoms with Gasteiger partial charge in [-0.1, -0.05) is 29.3 Å². The number of benzene rings is 2. The molecule has 0 aliphatic heterocycles. The van der Waals surface area contributed by atoms with Gasteiger partial charge in [0.05, 0.1) is 10.0 Å². The molecule has 0 atom stereocenters. The van der Waals surface area contributed by atoms with Gasteiger partial charge in [0.2, 0.25) is 0 Å². The number of hydrogen-bond acceptors (Lipinski definition) is 2. The molecule has 0 fully saturated rings. The molecule has 2 aromatic carbocycles. The largest absolute Gasteiger partial charge is 0.454 e. The SMILES string of the molecule is NCc1ccc(Oc2ccc(Cl)c(Cl)c2)c(F)c1. The fourth-order valence-corrected chi connectivity index (χ4v) is 1.71. The summed E-state index contributed by atoms with van der Waals surface area (Å²) in [4.78, 5) is 0. The van der Waals surface area contributed by atoms with Crippen LogP contribution in [-0.4, -0.2) is 0 Å². The summed E-state index contributed by atoms with van der Waals surface area (Å²) >= 11 is 11.6. The van der Waals surface area contributed by atoms with Gasteiger partial charge in [0.15, 0.2) is 11.6 Å². The third-order valence-corrected chi connectivity index (χ3v) is 3.09. The van der Waals surface area contributed by atoms with E-state index in [4.69, 9.17) is 33.7 Å². The Hall–Kier alpha value is -1.29. The Balaban J connectivity index is 2.25. The fourth-order valence-electron chi connectivity index (χ4n) is 1.42. The predicted molar refractivity (Wildman–Crippen MR) is 70.8 cm³/mol. The van der Waals surface area contributed by atoms with Crippen molar-refractivity contribution in [3.05, 3.63) is 57.8 Å². The van der Waals surface area contributed by atoms with Crippen molar-refractivity contribution in [3.63, 3.8) is 0 Å². The average molecular weight is 286 g/mol. The van der Waals surface area contributed by atoms with Gasteiger partial charge in [-0.3, -0.25) is 0 Å². The lowest BCUT2D eigenvalue weighted by Gasteiger charge is -2.08. The molecule has 0 radical (unpaired) electrons. The van der Waals surface area contributed by atoms with Crippen molar-refractivity contribution in [2.75, 3.05) is 0 Å². The summed E-state index contributed by atoms with van der Waals surface area (Å²) in [5.74, 6) is 0.0680. The molecule has 5 heteroatoms. The average Bonchev–Trinajstić information content (AvgIpc) is 2.36. The van der Waals surface area contributed by atoms with Gasteiger partial charge in [-0.15, -0.1) is 0 Å². The van der Waals surface area contributed by atoms with Gasteiger partial charge in [-0.05, 0) is 29.8 Å². The summed E-state index contributed by atoms with van der Waals surface area (Å²) in [5.41, 5.74) is 6.12. The van der Waals surface area contributed by atoms with Crippen LogP contribution in [0.4, 0.5) is 4.39 Å². The summed E-state index contributed by atoms with van der Waals surface area (Å²) in [6.45, 7) is 0.282. The highest BCUT2D eigenvalue weighted by molar-refractivity contribution is 6.42. The lowest BCUT2D eigenvalue weighted by Crippen LogP contribution is -1.97. The molecular formula is C13H10Cl2FNO. The maximum atomic E-state index is 13.7. The quantitative estimate of drug-likeness (QED) is 0.908. The number of halogens is 3. The molecule has 2 rings (SSSR count). The van der Waals surface area contributed by atoms with Crippen molar-refractivity contribution in [3.8, 4) is 11.5 Å². The Morgan fingerprint density at radius 2 is 1.83 bits per heavy atom. The third kappa shape index (κ3) is 2.93. The summed E-state index contributed by atoms with van der Waals surface area (Å²) in [5, 5.41) is 0.774. The lowest BCUT2D eigenvalue weighted by atomic mass is 10.2. The van der Waals surface area contributed by atoms with Crippen molar-refractivity contribution in [2.45, 2.75) is 6.54 Å². The van der Waals surface area contributed by atoms with Gasteiger partial charge in [0, 0.05) is 12.6 Å². The zero-order chi connectivity index (χ0) is 13.1. The Morgan fingerprint density at radius 1 is 1.06 bits per heavy atom. The van der Waals surface area contributed by atoms with Crippen LogP contribution in [0.2, 0.25) is 10.0 Å². The van der Waals surface area contributed by atoms with Crippen molar-refractivity contribution in [1.82, 2.24) is 0 Å². The minimum absolute atomic E-state index is 0.116. The summed E-state index contributed by atoms with van der Waals surface area (Å²) in [7, 11) is 0. The lowest BCUT2D eigenvalue weighted by molar-refractivity contribution is 0.441. The molecule has 2 N–H and O–H groups in total. The molecule has 0 aliphatic rings. The highest BCUT2D eigenvalue weighted by Gasteiger charge is 2.07. The molecule has 0 saturated heterocycles. The first kappa shape index (κ1) is 13.1. The Morgan fingerprint density at radius 3 is 2.44 bits per heavy atom. The van der Waals surface area contributed by atoms with E-state index in [0.29, 0.717) is 21.4 Å². The first-order valence-corrected chi connectivity index (χ1v) is 5.97. The van der Waals surface area contributed by atoms with Crippen LogP contribution in [0.3, 0.4) is 0 Å². The second-order valence-corrected chi connectivity index (χ2v) is 4.46. The maximum Gasteiger partial charge on any atom is 0.166 e. The van der Waals surface area contributed by atoms with Crippen LogP contribution in [0, 0.1) is 5.82 Å². The number of ether oxygens (including phenoxy) is 1. The minimum atomic E-state index is -0.468. The van der Waals surface area contributed by atoms with Crippen LogP contribution in [-0.2, 0) is 6.54 Å². The molecule has 2 nitrogen and oxygen atoms in total. The standard InChI is InChI=1S/C13H10Cl2FNO/c14-10-3-2-9(6-11(10)15)18-13-4-1-8(7-17)5-12(13)16/h1-6H,7,17H2. The summed E-state index contributed by atoms with van der Waals surface area (Å²) < 4.78 is 19.0. The molecule has 0 spiro atoms. The zero-order valence-electron chi connectivity index (χ0n) is 9.29. The van der Waals surface area contributed by atoms with Crippen molar-refractivity contribution in [2.24, 2.45) is 5.73 Å². The molecule has 0 aliphatic carbocycles. The van der Waals surface area contributed by atoms with E-state index in [9.17, 15) is 4.39 Å². The zero-order valence-corrected chi connectivity index (χ0v) is 10.8. The van der Waals surface area contributed by atoms with Crippen molar-refractivity contribution >= 4 is 23.2 Å². The highest BCUT2D eigenvalue weighted by atomic mass is 35.5. The molecule has 0 heterocycles. The molecule has 0 unspecified atom stereocenters. The Kier molecular flexibility index (Phi) is 4.07. The normalized spacial score (nSPS) is 10.4. The molecule has 0 amide bonds. The van der Waals surface area contributed by atoms with Crippen molar-refractivity contribution in [1.29, 1.82) is 0 Å². The van der Waals surface area contributed by atoms with Crippen LogP contribution in [0.1, 0.15) is 5.56 Å². The molecule has 0 saturated carbocycles. The van der Waals surface area contributed by atoms with E-state index >= 15 is 0 Å². The molecular weight excluding hydrogens is 276 g/mol. The number of rotatable bonds is 3. The summed E-state index contributed by atoms with van der Waals surface area (Å²) in [6, 6.07) is 9.30. The number of nitrogens with two attached hydrogens (primary N) is 1. The van der Waals surface area contributed by atoms with Gasteiger partial charge in [-0.2, -0.15) is 0 Å². The van der Waals surface area contributed by atoms with E-state index in [0.717, 1.165) is 0 Å². The highest BCUT2D eigenvalue weighted by Crippen LogP contribution is 2.30. The second kappa shape index (κ2) is 5.57. The molecule has 0 bridgehead atoms. The first-order chi connectivity index (χ1) is 8.60. The van der Waals surface area contributed by atoms with E-state index in [1.807, 2.05) is 0 Å². The van der Waals surface area contributed by atoms with Crippen molar-refractivity contribution < 1.29 is 9.13 Å². The first-order valence-electron chi connectivity index (χ1n) is 5.21. The van der Waals surface area contributed by atoms with Gasteiger partial charge in [-0.25, -0.2) is 4.39 Å². The van der Waals surface area contributed by atoms with Crippen LogP contribution >= 0.6 is 23.2 Å². The maximum absolute atomic E-state index is 13.7. The number of hydrogen-bond donors (Lipinski definition) is 1. The predicted octanol–water partition coefficient (Wildman–Crippen LogP) is 4.38. The van der Waals surface area contributed by atoms with Gasteiger partial charge < -0.3 is 10.5 Å². The van der Waals surface area contributed by atoms with Gasteiger partial charge in [0.25, 0.3) is 0 Å². The minimum Gasteiger partial charge on any atom is -0.454 e. The van der Waals surface area contributed by atoms with Crippen LogP contribution in [0.15, 0.2) is 36.4 Å². The fraction of sp³-hybridized carbons (Fsp3) is 0.0769. The van der Waals surface area contributed by atoms with E-state index in [2.05, 4.69) is 0 Å². The molecule has 94 valence electrons. The monoisotopic (exact) mass is 285 g/mol. The molecule has 2 aromatic rings. The third-order valence-electron chi connectivity index (χ3n) is 2.35. The van der Waals surface area contributed by atoms with E-state index < -0.39 is 5.82 Å². The Bertz CT molecular complexity index is 575. The topological polar surface area (TPSA) is 35.2 Å². The second-order valence-electron chi connectivity index (χ2n) is 3.65. The van der Waals surface area contributed by atoms with Gasteiger partial charge in [0.1, 0.15) is 5.75 Å². The van der Waals surface area contributed by atoms with E-state index in [1.54, 1.807) is 18.2 Å². The smallest absolute Gasteiger partial charge is 0.166 e. The van der Waals surface area contributed by atoms with Gasteiger partial charge >= 0.3 is 0 Å². The van der Waals surface area contributed by atoms with Crippen LogP contribution in [0.5, 0.6) is 11.5 Å².